The number of rotatable bonds is 7. The minimum absolute atomic E-state index is 0.165. The molecule has 0 bridgehead atoms. The smallest absolute Gasteiger partial charge is 0.230 e. The summed E-state index contributed by atoms with van der Waals surface area (Å²) in [5, 5.41) is 3.39. The predicted octanol–water partition coefficient (Wildman–Crippen LogP) is 2.91. The van der Waals surface area contributed by atoms with Gasteiger partial charge in [-0.15, -0.1) is 0 Å². The van der Waals surface area contributed by atoms with Crippen LogP contribution in [0, 0.1) is 17.3 Å². The van der Waals surface area contributed by atoms with E-state index in [1.165, 1.54) is 0 Å². The Hall–Kier alpha value is -0.570. The first-order valence-corrected chi connectivity index (χ1v) is 8.01. The van der Waals surface area contributed by atoms with Gasteiger partial charge in [0.25, 0.3) is 0 Å². The Balaban J connectivity index is 2.81. The summed E-state index contributed by atoms with van der Waals surface area (Å²) in [6.45, 7) is 14.5. The van der Waals surface area contributed by atoms with E-state index in [1.807, 2.05) is 0 Å². The van der Waals surface area contributed by atoms with Crippen molar-refractivity contribution in [1.82, 2.24) is 10.2 Å². The molecule has 1 N–H and O–H groups in total. The minimum Gasteiger partial charge on any atom is -0.342 e. The maximum absolute atomic E-state index is 13.0. The van der Waals surface area contributed by atoms with Crippen molar-refractivity contribution in [3.8, 4) is 0 Å². The highest BCUT2D eigenvalue weighted by Crippen LogP contribution is 2.36. The van der Waals surface area contributed by atoms with E-state index in [0.717, 1.165) is 45.4 Å². The first kappa shape index (κ1) is 16.5. The lowest BCUT2D eigenvalue weighted by atomic mass is 9.75. The van der Waals surface area contributed by atoms with Crippen molar-refractivity contribution in [2.75, 3.05) is 26.2 Å². The van der Waals surface area contributed by atoms with Crippen molar-refractivity contribution in [2.24, 2.45) is 17.3 Å². The zero-order chi connectivity index (χ0) is 14.5. The van der Waals surface area contributed by atoms with Crippen LogP contribution in [0.25, 0.3) is 0 Å². The Labute approximate surface area is 119 Å². The third-order valence-electron chi connectivity index (χ3n) is 5.02. The molecule has 19 heavy (non-hydrogen) atoms. The normalized spacial score (nSPS) is 23.3. The van der Waals surface area contributed by atoms with E-state index in [9.17, 15) is 4.79 Å². The maximum atomic E-state index is 13.0. The summed E-state index contributed by atoms with van der Waals surface area (Å²) in [4.78, 5) is 15.1. The van der Waals surface area contributed by atoms with E-state index in [1.54, 1.807) is 0 Å². The van der Waals surface area contributed by atoms with Crippen LogP contribution >= 0.6 is 0 Å². The Kier molecular flexibility index (Phi) is 6.31. The summed E-state index contributed by atoms with van der Waals surface area (Å²) < 4.78 is 0. The molecule has 0 aromatic rings. The number of carbonyl (C=O) groups is 1. The molecule has 1 saturated heterocycles. The van der Waals surface area contributed by atoms with E-state index < -0.39 is 0 Å². The molecule has 1 amide bonds. The van der Waals surface area contributed by atoms with Crippen LogP contribution in [-0.2, 0) is 4.79 Å². The predicted molar refractivity (Wildman–Crippen MR) is 81.1 cm³/mol. The van der Waals surface area contributed by atoms with Crippen LogP contribution in [-0.4, -0.2) is 37.0 Å². The van der Waals surface area contributed by atoms with Crippen molar-refractivity contribution >= 4 is 5.91 Å². The number of nitrogens with zero attached hydrogens (tertiary/aromatic N) is 1. The summed E-state index contributed by atoms with van der Waals surface area (Å²) in [5.74, 6) is 1.43. The number of nitrogens with one attached hydrogen (secondary N) is 1. The van der Waals surface area contributed by atoms with Crippen molar-refractivity contribution < 1.29 is 4.79 Å². The second kappa shape index (κ2) is 7.28. The fourth-order valence-corrected chi connectivity index (χ4v) is 3.16. The molecule has 0 aromatic carbocycles. The molecule has 3 nitrogen and oxygen atoms in total. The molecule has 1 rings (SSSR count). The molecule has 1 unspecified atom stereocenters. The topological polar surface area (TPSA) is 32.3 Å². The monoisotopic (exact) mass is 268 g/mol. The van der Waals surface area contributed by atoms with E-state index in [-0.39, 0.29) is 5.41 Å². The first-order chi connectivity index (χ1) is 9.01. The molecule has 0 radical (unpaired) electrons. The molecule has 1 fully saturated rings. The van der Waals surface area contributed by atoms with Crippen LogP contribution in [0.15, 0.2) is 0 Å². The average Bonchev–Trinajstić information content (AvgIpc) is 2.90. The standard InChI is InChI=1S/C16H32N2O/c1-6-14(7-2)11-18(8-3)15(19)16(13(4)5)9-10-17-12-16/h13-14,17H,6-12H2,1-5H3. The molecule has 0 saturated carbocycles. The van der Waals surface area contributed by atoms with E-state index in [4.69, 9.17) is 0 Å². The van der Waals surface area contributed by atoms with Crippen molar-refractivity contribution in [2.45, 2.75) is 53.9 Å². The van der Waals surface area contributed by atoms with Crippen LogP contribution in [0.4, 0.5) is 0 Å². The van der Waals surface area contributed by atoms with Gasteiger partial charge in [-0.1, -0.05) is 40.5 Å². The Morgan fingerprint density at radius 2 is 1.89 bits per heavy atom. The van der Waals surface area contributed by atoms with Gasteiger partial charge in [0.15, 0.2) is 0 Å². The van der Waals surface area contributed by atoms with Crippen LogP contribution in [0.3, 0.4) is 0 Å². The van der Waals surface area contributed by atoms with Crippen LogP contribution in [0.5, 0.6) is 0 Å². The number of carbonyl (C=O) groups excluding carboxylic acids is 1. The van der Waals surface area contributed by atoms with E-state index in [0.29, 0.717) is 17.7 Å². The summed E-state index contributed by atoms with van der Waals surface area (Å²) in [5.41, 5.74) is -0.165. The lowest BCUT2D eigenvalue weighted by molar-refractivity contribution is -0.144. The second-order valence-corrected chi connectivity index (χ2v) is 6.26. The van der Waals surface area contributed by atoms with Gasteiger partial charge in [0.2, 0.25) is 5.91 Å². The zero-order valence-electron chi connectivity index (χ0n) is 13.5. The van der Waals surface area contributed by atoms with E-state index in [2.05, 4.69) is 44.8 Å². The third kappa shape index (κ3) is 3.50. The lowest BCUT2D eigenvalue weighted by Crippen LogP contribution is -2.49. The van der Waals surface area contributed by atoms with Gasteiger partial charge in [0, 0.05) is 19.6 Å². The third-order valence-corrected chi connectivity index (χ3v) is 5.02. The summed E-state index contributed by atoms with van der Waals surface area (Å²) in [6.07, 6.45) is 3.31. The molecule has 0 spiro atoms. The largest absolute Gasteiger partial charge is 0.342 e. The Bertz CT molecular complexity index is 278. The number of hydrogen-bond donors (Lipinski definition) is 1. The van der Waals surface area contributed by atoms with Crippen molar-refractivity contribution in [3.05, 3.63) is 0 Å². The summed E-state index contributed by atoms with van der Waals surface area (Å²) in [6, 6.07) is 0. The van der Waals surface area contributed by atoms with Crippen LogP contribution in [0.1, 0.15) is 53.9 Å². The fourth-order valence-electron chi connectivity index (χ4n) is 3.16. The van der Waals surface area contributed by atoms with Gasteiger partial charge in [-0.05, 0) is 31.7 Å². The molecule has 1 heterocycles. The first-order valence-electron chi connectivity index (χ1n) is 8.01. The Morgan fingerprint density at radius 1 is 1.26 bits per heavy atom. The van der Waals surface area contributed by atoms with Gasteiger partial charge in [-0.25, -0.2) is 0 Å². The van der Waals surface area contributed by atoms with Crippen LogP contribution in [0.2, 0.25) is 0 Å². The quantitative estimate of drug-likeness (QED) is 0.770. The van der Waals surface area contributed by atoms with Gasteiger partial charge in [0.05, 0.1) is 5.41 Å². The highest BCUT2D eigenvalue weighted by atomic mass is 16.2. The number of amides is 1. The molecule has 112 valence electrons. The molecule has 1 aliphatic heterocycles. The highest BCUT2D eigenvalue weighted by Gasteiger charge is 2.45. The van der Waals surface area contributed by atoms with E-state index >= 15 is 0 Å². The second-order valence-electron chi connectivity index (χ2n) is 6.26. The molecule has 0 aromatic heterocycles. The van der Waals surface area contributed by atoms with Gasteiger partial charge < -0.3 is 10.2 Å². The molecular formula is C16H32N2O. The van der Waals surface area contributed by atoms with Crippen LogP contribution < -0.4 is 5.32 Å². The van der Waals surface area contributed by atoms with Crippen molar-refractivity contribution in [3.63, 3.8) is 0 Å². The minimum atomic E-state index is -0.165. The van der Waals surface area contributed by atoms with Gasteiger partial charge in [0.1, 0.15) is 0 Å². The van der Waals surface area contributed by atoms with Crippen molar-refractivity contribution in [1.29, 1.82) is 0 Å². The molecule has 1 atom stereocenters. The average molecular weight is 268 g/mol. The summed E-state index contributed by atoms with van der Waals surface area (Å²) >= 11 is 0. The maximum Gasteiger partial charge on any atom is 0.230 e. The SMILES string of the molecule is CCC(CC)CN(CC)C(=O)C1(C(C)C)CCNC1. The van der Waals surface area contributed by atoms with Gasteiger partial charge in [-0.3, -0.25) is 4.79 Å². The summed E-state index contributed by atoms with van der Waals surface area (Å²) in [7, 11) is 0. The molecular weight excluding hydrogens is 236 g/mol. The highest BCUT2D eigenvalue weighted by molar-refractivity contribution is 5.83. The fraction of sp³-hybridized carbons (Fsp3) is 0.938. The lowest BCUT2D eigenvalue weighted by Gasteiger charge is -2.37. The van der Waals surface area contributed by atoms with Gasteiger partial charge in [-0.2, -0.15) is 0 Å². The molecule has 0 aliphatic carbocycles. The zero-order valence-corrected chi connectivity index (χ0v) is 13.5. The Morgan fingerprint density at radius 3 is 2.26 bits per heavy atom. The van der Waals surface area contributed by atoms with Gasteiger partial charge >= 0.3 is 0 Å². The molecule has 3 heteroatoms. The molecule has 1 aliphatic rings. The number of hydrogen-bond acceptors (Lipinski definition) is 2.